The molecular formula is C23H21IN2O4. The summed E-state index contributed by atoms with van der Waals surface area (Å²) in [6.45, 7) is 3.06. The summed E-state index contributed by atoms with van der Waals surface area (Å²) >= 11 is 2.14. The molecule has 0 radical (unpaired) electrons. The van der Waals surface area contributed by atoms with Gasteiger partial charge in [-0.3, -0.25) is 4.79 Å². The third kappa shape index (κ3) is 5.01. The van der Waals surface area contributed by atoms with E-state index in [1.165, 1.54) is 0 Å². The van der Waals surface area contributed by atoms with E-state index in [-0.39, 0.29) is 5.56 Å². The van der Waals surface area contributed by atoms with Gasteiger partial charge in [-0.15, -0.1) is 0 Å². The number of aromatic amines is 1. The van der Waals surface area contributed by atoms with Crippen LogP contribution in [-0.4, -0.2) is 25.3 Å². The predicted molar refractivity (Wildman–Crippen MR) is 123 cm³/mol. The molecule has 0 fully saturated rings. The van der Waals surface area contributed by atoms with Crippen LogP contribution in [0.25, 0.3) is 11.1 Å². The van der Waals surface area contributed by atoms with Crippen molar-refractivity contribution in [1.82, 2.24) is 4.98 Å². The number of ether oxygens (including phenoxy) is 3. The van der Waals surface area contributed by atoms with E-state index < -0.39 is 5.56 Å². The highest BCUT2D eigenvalue weighted by Gasteiger charge is 2.17. The fraction of sp³-hybridized carbons (Fsp3) is 0.217. The van der Waals surface area contributed by atoms with Crippen LogP contribution in [-0.2, 0) is 11.3 Å². The van der Waals surface area contributed by atoms with Crippen LogP contribution in [0.5, 0.6) is 11.5 Å². The van der Waals surface area contributed by atoms with Crippen LogP contribution in [0.15, 0.2) is 53.3 Å². The predicted octanol–water partition coefficient (Wildman–Crippen LogP) is 4.43. The van der Waals surface area contributed by atoms with Crippen LogP contribution in [0.1, 0.15) is 16.8 Å². The van der Waals surface area contributed by atoms with Crippen molar-refractivity contribution in [3.05, 3.63) is 79.3 Å². The van der Waals surface area contributed by atoms with Gasteiger partial charge in [0, 0.05) is 14.8 Å². The van der Waals surface area contributed by atoms with E-state index in [0.29, 0.717) is 48.1 Å². The van der Waals surface area contributed by atoms with Gasteiger partial charge in [-0.2, -0.15) is 5.26 Å². The molecule has 0 unspecified atom stereocenters. The van der Waals surface area contributed by atoms with Crippen molar-refractivity contribution in [2.45, 2.75) is 13.5 Å². The topological polar surface area (TPSA) is 84.3 Å². The molecule has 0 saturated heterocycles. The molecule has 7 heteroatoms. The Balaban J connectivity index is 1.78. The van der Waals surface area contributed by atoms with Gasteiger partial charge in [0.05, 0.1) is 20.3 Å². The van der Waals surface area contributed by atoms with Gasteiger partial charge < -0.3 is 19.2 Å². The highest BCUT2D eigenvalue weighted by Crippen LogP contribution is 2.35. The second-order valence-electron chi connectivity index (χ2n) is 6.51. The number of nitrogens with one attached hydrogen (secondary N) is 1. The molecule has 0 amide bonds. The monoisotopic (exact) mass is 516 g/mol. The van der Waals surface area contributed by atoms with E-state index in [9.17, 15) is 10.1 Å². The molecule has 0 spiro atoms. The Bertz CT molecular complexity index is 1120. The Morgan fingerprint density at radius 1 is 1.10 bits per heavy atom. The highest BCUT2D eigenvalue weighted by atomic mass is 127. The molecule has 2 aromatic carbocycles. The molecule has 1 N–H and O–H groups in total. The standard InChI is InChI=1S/C23H21IN2O4/c1-15-22(24)21(18(13-25)23(27)26-15)17-8-9-19(28-2)20(12-17)30-11-10-29-14-16-6-4-3-5-7-16/h3-9,12H,10-11,14H2,1-2H3,(H,26,27). The number of halogens is 1. The summed E-state index contributed by atoms with van der Waals surface area (Å²) in [4.78, 5) is 14.9. The maximum atomic E-state index is 12.2. The van der Waals surface area contributed by atoms with Crippen molar-refractivity contribution in [1.29, 1.82) is 5.26 Å². The molecule has 1 aromatic heterocycles. The Hall–Kier alpha value is -2.83. The average Bonchev–Trinajstić information content (AvgIpc) is 2.76. The molecule has 3 rings (SSSR count). The number of nitriles is 1. The van der Waals surface area contributed by atoms with E-state index in [4.69, 9.17) is 14.2 Å². The number of benzene rings is 2. The molecule has 0 aliphatic rings. The lowest BCUT2D eigenvalue weighted by Crippen LogP contribution is -2.15. The first kappa shape index (κ1) is 21.9. The Kier molecular flexibility index (Phi) is 7.49. The first-order chi connectivity index (χ1) is 14.5. The van der Waals surface area contributed by atoms with E-state index in [2.05, 4.69) is 27.6 Å². The zero-order valence-electron chi connectivity index (χ0n) is 16.7. The van der Waals surface area contributed by atoms with Gasteiger partial charge in [0.2, 0.25) is 0 Å². The molecule has 3 aromatic rings. The van der Waals surface area contributed by atoms with Crippen molar-refractivity contribution in [2.75, 3.05) is 20.3 Å². The van der Waals surface area contributed by atoms with E-state index >= 15 is 0 Å². The van der Waals surface area contributed by atoms with Gasteiger partial charge in [0.25, 0.3) is 5.56 Å². The smallest absolute Gasteiger partial charge is 0.266 e. The first-order valence-corrected chi connectivity index (χ1v) is 10.4. The van der Waals surface area contributed by atoms with Gasteiger partial charge >= 0.3 is 0 Å². The van der Waals surface area contributed by atoms with E-state index in [0.717, 1.165) is 9.13 Å². The highest BCUT2D eigenvalue weighted by molar-refractivity contribution is 14.1. The quantitative estimate of drug-likeness (QED) is 0.354. The lowest BCUT2D eigenvalue weighted by Gasteiger charge is -2.14. The molecule has 0 aliphatic heterocycles. The first-order valence-electron chi connectivity index (χ1n) is 9.30. The normalized spacial score (nSPS) is 10.5. The number of aromatic nitrogens is 1. The molecule has 0 atom stereocenters. The van der Waals surface area contributed by atoms with E-state index in [1.54, 1.807) is 26.2 Å². The molecule has 1 heterocycles. The minimum atomic E-state index is -0.405. The summed E-state index contributed by atoms with van der Waals surface area (Å²) < 4.78 is 17.7. The molecule has 30 heavy (non-hydrogen) atoms. The zero-order valence-corrected chi connectivity index (χ0v) is 18.9. The fourth-order valence-electron chi connectivity index (χ4n) is 3.00. The fourth-order valence-corrected chi connectivity index (χ4v) is 3.71. The zero-order chi connectivity index (χ0) is 21.5. The minimum Gasteiger partial charge on any atom is -0.493 e. The number of H-pyrrole nitrogens is 1. The lowest BCUT2D eigenvalue weighted by molar-refractivity contribution is 0.0880. The Labute approximate surface area is 188 Å². The number of nitrogens with zero attached hydrogens (tertiary/aromatic N) is 1. The van der Waals surface area contributed by atoms with Gasteiger partial charge in [-0.1, -0.05) is 36.4 Å². The van der Waals surface area contributed by atoms with Crippen molar-refractivity contribution in [3.8, 4) is 28.7 Å². The summed E-state index contributed by atoms with van der Waals surface area (Å²) in [7, 11) is 1.57. The van der Waals surface area contributed by atoms with Crippen molar-refractivity contribution >= 4 is 22.6 Å². The molecular weight excluding hydrogens is 495 g/mol. The molecule has 0 bridgehead atoms. The van der Waals surface area contributed by atoms with E-state index in [1.807, 2.05) is 42.5 Å². The maximum Gasteiger partial charge on any atom is 0.266 e. The van der Waals surface area contributed by atoms with Crippen LogP contribution < -0.4 is 15.0 Å². The summed E-state index contributed by atoms with van der Waals surface area (Å²) in [5.74, 6) is 1.09. The van der Waals surface area contributed by atoms with Gasteiger partial charge in [-0.25, -0.2) is 0 Å². The van der Waals surface area contributed by atoms with Crippen molar-refractivity contribution < 1.29 is 14.2 Å². The third-order valence-corrected chi connectivity index (χ3v) is 5.84. The molecule has 0 aliphatic carbocycles. The SMILES string of the molecule is COc1ccc(-c2c(I)c(C)[nH]c(=O)c2C#N)cc1OCCOCc1ccccc1. The number of pyridine rings is 1. The number of methoxy groups -OCH3 is 1. The van der Waals surface area contributed by atoms with Crippen LogP contribution in [0.2, 0.25) is 0 Å². The third-order valence-electron chi connectivity index (χ3n) is 4.49. The summed E-state index contributed by atoms with van der Waals surface area (Å²) in [6, 6.07) is 17.3. The molecule has 154 valence electrons. The summed E-state index contributed by atoms with van der Waals surface area (Å²) in [5, 5.41) is 9.49. The second-order valence-corrected chi connectivity index (χ2v) is 7.59. The number of rotatable bonds is 8. The number of aryl methyl sites for hydroxylation is 1. The molecule has 6 nitrogen and oxygen atoms in total. The average molecular weight is 516 g/mol. The largest absolute Gasteiger partial charge is 0.493 e. The van der Waals surface area contributed by atoms with Crippen LogP contribution in [0, 0.1) is 21.8 Å². The van der Waals surface area contributed by atoms with Crippen LogP contribution in [0.3, 0.4) is 0 Å². The summed E-state index contributed by atoms with van der Waals surface area (Å²) in [6.07, 6.45) is 0. The van der Waals surface area contributed by atoms with Crippen molar-refractivity contribution in [3.63, 3.8) is 0 Å². The van der Waals surface area contributed by atoms with Gasteiger partial charge in [0.15, 0.2) is 11.5 Å². The summed E-state index contributed by atoms with van der Waals surface area (Å²) in [5.41, 5.74) is 2.78. The maximum absolute atomic E-state index is 12.2. The number of hydrogen-bond donors (Lipinski definition) is 1. The van der Waals surface area contributed by atoms with Crippen molar-refractivity contribution in [2.24, 2.45) is 0 Å². The lowest BCUT2D eigenvalue weighted by atomic mass is 10.0. The second kappa shape index (κ2) is 10.3. The van der Waals surface area contributed by atoms with Gasteiger partial charge in [-0.05, 0) is 52.8 Å². The minimum absolute atomic E-state index is 0.0762. The number of hydrogen-bond acceptors (Lipinski definition) is 5. The van der Waals surface area contributed by atoms with Crippen LogP contribution in [0.4, 0.5) is 0 Å². The van der Waals surface area contributed by atoms with Crippen LogP contribution >= 0.6 is 22.6 Å². The Morgan fingerprint density at radius 3 is 2.57 bits per heavy atom. The van der Waals surface area contributed by atoms with Gasteiger partial charge in [0.1, 0.15) is 18.2 Å². The molecule has 0 saturated carbocycles. The Morgan fingerprint density at radius 2 is 1.87 bits per heavy atom.